The van der Waals surface area contributed by atoms with Crippen LogP contribution in [0.4, 0.5) is 11.4 Å². The van der Waals surface area contributed by atoms with E-state index in [2.05, 4.69) is 10.6 Å². The molecule has 2 aromatic carbocycles. The predicted octanol–water partition coefficient (Wildman–Crippen LogP) is 3.21. The van der Waals surface area contributed by atoms with Gasteiger partial charge in [-0.25, -0.2) is 0 Å². The first-order valence-corrected chi connectivity index (χ1v) is 6.30. The van der Waals surface area contributed by atoms with Gasteiger partial charge in [-0.15, -0.1) is 0 Å². The number of anilines is 2. The van der Waals surface area contributed by atoms with E-state index in [1.807, 2.05) is 31.2 Å². The zero-order valence-electron chi connectivity index (χ0n) is 11.4. The van der Waals surface area contributed by atoms with Crippen LogP contribution in [0.25, 0.3) is 0 Å². The molecule has 2 amide bonds. The summed E-state index contributed by atoms with van der Waals surface area (Å²) >= 11 is 0. The smallest absolute Gasteiger partial charge is 0.255 e. The third kappa shape index (κ3) is 3.68. The van der Waals surface area contributed by atoms with E-state index in [1.54, 1.807) is 24.3 Å². The van der Waals surface area contributed by atoms with E-state index in [9.17, 15) is 9.59 Å². The van der Waals surface area contributed by atoms with Gasteiger partial charge in [0.15, 0.2) is 0 Å². The van der Waals surface area contributed by atoms with Crippen molar-refractivity contribution in [2.24, 2.45) is 0 Å². The van der Waals surface area contributed by atoms with Gasteiger partial charge in [-0.1, -0.05) is 17.7 Å². The minimum absolute atomic E-state index is 0.137. The molecule has 0 spiro atoms. The first-order valence-electron chi connectivity index (χ1n) is 6.30. The number of hydrogen-bond acceptors (Lipinski definition) is 2. The number of carbonyl (C=O) groups is 2. The van der Waals surface area contributed by atoms with Gasteiger partial charge >= 0.3 is 0 Å². The molecule has 0 heterocycles. The normalized spacial score (nSPS) is 9.90. The van der Waals surface area contributed by atoms with Crippen molar-refractivity contribution >= 4 is 23.2 Å². The highest BCUT2D eigenvalue weighted by atomic mass is 16.2. The van der Waals surface area contributed by atoms with Gasteiger partial charge in [-0.3, -0.25) is 9.59 Å². The largest absolute Gasteiger partial charge is 0.326 e. The molecule has 0 bridgehead atoms. The molecule has 2 aromatic rings. The first kappa shape index (κ1) is 13.8. The van der Waals surface area contributed by atoms with Crippen LogP contribution in [0.2, 0.25) is 0 Å². The average Bonchev–Trinajstić information content (AvgIpc) is 2.41. The summed E-state index contributed by atoms with van der Waals surface area (Å²) in [7, 11) is 0. The van der Waals surface area contributed by atoms with Gasteiger partial charge in [0.1, 0.15) is 0 Å². The van der Waals surface area contributed by atoms with Crippen LogP contribution in [0.3, 0.4) is 0 Å². The monoisotopic (exact) mass is 268 g/mol. The van der Waals surface area contributed by atoms with Crippen molar-refractivity contribution in [2.75, 3.05) is 10.6 Å². The Balaban J connectivity index is 2.05. The second kappa shape index (κ2) is 6.02. The molecule has 0 aliphatic heterocycles. The van der Waals surface area contributed by atoms with E-state index in [0.29, 0.717) is 11.3 Å². The van der Waals surface area contributed by atoms with Crippen molar-refractivity contribution < 1.29 is 9.59 Å². The number of carbonyl (C=O) groups excluding carboxylic acids is 2. The number of rotatable bonds is 3. The van der Waals surface area contributed by atoms with Gasteiger partial charge in [0.2, 0.25) is 5.91 Å². The highest BCUT2D eigenvalue weighted by molar-refractivity contribution is 6.04. The zero-order valence-corrected chi connectivity index (χ0v) is 11.4. The third-order valence-corrected chi connectivity index (χ3v) is 2.78. The molecule has 0 aromatic heterocycles. The molecule has 0 atom stereocenters. The first-order chi connectivity index (χ1) is 9.54. The van der Waals surface area contributed by atoms with Crippen molar-refractivity contribution in [2.45, 2.75) is 13.8 Å². The molecule has 0 saturated carbocycles. The summed E-state index contributed by atoms with van der Waals surface area (Å²) < 4.78 is 0. The van der Waals surface area contributed by atoms with Gasteiger partial charge < -0.3 is 10.6 Å². The van der Waals surface area contributed by atoms with Gasteiger partial charge in [0.05, 0.1) is 0 Å². The van der Waals surface area contributed by atoms with Crippen molar-refractivity contribution in [3.05, 3.63) is 59.7 Å². The van der Waals surface area contributed by atoms with Crippen molar-refractivity contribution in [3.63, 3.8) is 0 Å². The van der Waals surface area contributed by atoms with Crippen LogP contribution in [-0.2, 0) is 4.79 Å². The number of amides is 2. The van der Waals surface area contributed by atoms with E-state index in [-0.39, 0.29) is 11.8 Å². The maximum absolute atomic E-state index is 12.0. The molecule has 0 radical (unpaired) electrons. The van der Waals surface area contributed by atoms with E-state index in [4.69, 9.17) is 0 Å². The topological polar surface area (TPSA) is 58.2 Å². The Kier molecular flexibility index (Phi) is 4.15. The van der Waals surface area contributed by atoms with Crippen LogP contribution in [0.5, 0.6) is 0 Å². The Morgan fingerprint density at radius 1 is 0.800 bits per heavy atom. The Labute approximate surface area is 117 Å². The summed E-state index contributed by atoms with van der Waals surface area (Å²) in [5, 5.41) is 5.48. The zero-order chi connectivity index (χ0) is 14.5. The number of benzene rings is 2. The third-order valence-electron chi connectivity index (χ3n) is 2.78. The van der Waals surface area contributed by atoms with E-state index >= 15 is 0 Å². The standard InChI is InChI=1S/C16H16N2O2/c1-11-3-7-15(8-4-11)18-16(20)13-5-9-14(10-6-13)17-12(2)19/h3-10H,1-2H3,(H,17,19)(H,18,20). The van der Waals surface area contributed by atoms with Crippen molar-refractivity contribution in [1.82, 2.24) is 0 Å². The van der Waals surface area contributed by atoms with E-state index < -0.39 is 0 Å². The van der Waals surface area contributed by atoms with Gasteiger partial charge in [0, 0.05) is 23.9 Å². The van der Waals surface area contributed by atoms with Crippen molar-refractivity contribution in [3.8, 4) is 0 Å². The maximum Gasteiger partial charge on any atom is 0.255 e. The summed E-state index contributed by atoms with van der Waals surface area (Å²) in [6, 6.07) is 14.4. The quantitative estimate of drug-likeness (QED) is 0.898. The van der Waals surface area contributed by atoms with Crippen LogP contribution in [0.15, 0.2) is 48.5 Å². The fourth-order valence-corrected chi connectivity index (χ4v) is 1.75. The maximum atomic E-state index is 12.0. The predicted molar refractivity (Wildman–Crippen MR) is 79.9 cm³/mol. The molecule has 20 heavy (non-hydrogen) atoms. The number of aryl methyl sites for hydroxylation is 1. The van der Waals surface area contributed by atoms with Crippen LogP contribution in [-0.4, -0.2) is 11.8 Å². The van der Waals surface area contributed by atoms with E-state index in [1.165, 1.54) is 6.92 Å². The number of nitrogens with one attached hydrogen (secondary N) is 2. The minimum Gasteiger partial charge on any atom is -0.326 e. The Morgan fingerprint density at radius 2 is 1.30 bits per heavy atom. The lowest BCUT2D eigenvalue weighted by Gasteiger charge is -2.07. The Morgan fingerprint density at radius 3 is 1.85 bits per heavy atom. The Hall–Kier alpha value is -2.62. The second-order valence-electron chi connectivity index (χ2n) is 4.58. The highest BCUT2D eigenvalue weighted by Gasteiger charge is 2.06. The molecule has 2 N–H and O–H groups in total. The summed E-state index contributed by atoms with van der Waals surface area (Å²) in [5.41, 5.74) is 3.11. The van der Waals surface area contributed by atoms with Gasteiger partial charge in [0.25, 0.3) is 5.91 Å². The highest BCUT2D eigenvalue weighted by Crippen LogP contribution is 2.13. The minimum atomic E-state index is -0.178. The number of hydrogen-bond donors (Lipinski definition) is 2. The molecule has 2 rings (SSSR count). The summed E-state index contributed by atoms with van der Waals surface area (Å²) in [6.45, 7) is 3.43. The lowest BCUT2D eigenvalue weighted by molar-refractivity contribution is -0.114. The van der Waals surface area contributed by atoms with Gasteiger partial charge in [-0.2, -0.15) is 0 Å². The summed E-state index contributed by atoms with van der Waals surface area (Å²) in [5.74, 6) is -0.315. The molecule has 102 valence electrons. The fraction of sp³-hybridized carbons (Fsp3) is 0.125. The van der Waals surface area contributed by atoms with Crippen LogP contribution in [0.1, 0.15) is 22.8 Å². The van der Waals surface area contributed by atoms with Crippen LogP contribution in [0, 0.1) is 6.92 Å². The molecule has 0 aliphatic carbocycles. The van der Waals surface area contributed by atoms with Crippen LogP contribution >= 0.6 is 0 Å². The molecule has 0 saturated heterocycles. The van der Waals surface area contributed by atoms with Gasteiger partial charge in [-0.05, 0) is 43.3 Å². The lowest BCUT2D eigenvalue weighted by Crippen LogP contribution is -2.12. The molecule has 4 heteroatoms. The molecular weight excluding hydrogens is 252 g/mol. The Bertz CT molecular complexity index is 616. The fourth-order valence-electron chi connectivity index (χ4n) is 1.75. The lowest BCUT2D eigenvalue weighted by atomic mass is 10.1. The summed E-state index contributed by atoms with van der Waals surface area (Å²) in [6.07, 6.45) is 0. The van der Waals surface area contributed by atoms with Crippen LogP contribution < -0.4 is 10.6 Å². The SMILES string of the molecule is CC(=O)Nc1ccc(C(=O)Nc2ccc(C)cc2)cc1. The molecular formula is C16H16N2O2. The summed E-state index contributed by atoms with van der Waals surface area (Å²) in [4.78, 5) is 22.9. The molecule has 4 nitrogen and oxygen atoms in total. The molecule has 0 unspecified atom stereocenters. The molecule has 0 aliphatic rings. The average molecular weight is 268 g/mol. The molecule has 0 fully saturated rings. The van der Waals surface area contributed by atoms with Crippen molar-refractivity contribution in [1.29, 1.82) is 0 Å². The van der Waals surface area contributed by atoms with E-state index in [0.717, 1.165) is 11.3 Å². The second-order valence-corrected chi connectivity index (χ2v) is 4.58.